The number of carbonyl (C=O) groups excluding carboxylic acids is 1. The summed E-state index contributed by atoms with van der Waals surface area (Å²) in [6.07, 6.45) is 1.88. The normalized spacial score (nSPS) is 16.3. The number of piperidine rings is 1. The molecule has 1 amide bonds. The average molecular weight is 316 g/mol. The Morgan fingerprint density at radius 2 is 2.10 bits per heavy atom. The first-order valence-corrected chi connectivity index (χ1v) is 7.04. The Balaban J connectivity index is 0.00000220. The predicted molar refractivity (Wildman–Crippen MR) is 83.9 cm³/mol. The van der Waals surface area contributed by atoms with E-state index in [1.807, 2.05) is 6.07 Å². The molecule has 0 saturated carbocycles. The SMILES string of the molecule is Cc1ccc(CNC(=O)CN2CCC(N)CC2)cc1F.Cl. The van der Waals surface area contributed by atoms with Crippen molar-refractivity contribution in [3.05, 3.63) is 35.1 Å². The van der Waals surface area contributed by atoms with E-state index >= 15 is 0 Å². The minimum absolute atomic E-state index is 0. The fourth-order valence-corrected chi connectivity index (χ4v) is 2.32. The first kappa shape index (κ1) is 17.9. The topological polar surface area (TPSA) is 58.4 Å². The molecule has 0 aromatic heterocycles. The maximum absolute atomic E-state index is 13.4. The molecule has 0 aliphatic carbocycles. The van der Waals surface area contributed by atoms with Gasteiger partial charge in [0.25, 0.3) is 0 Å². The Morgan fingerprint density at radius 3 is 2.71 bits per heavy atom. The number of hydrogen-bond acceptors (Lipinski definition) is 3. The third kappa shape index (κ3) is 5.61. The van der Waals surface area contributed by atoms with Crippen molar-refractivity contribution < 1.29 is 9.18 Å². The summed E-state index contributed by atoms with van der Waals surface area (Å²) in [5.74, 6) is -0.261. The number of nitrogens with one attached hydrogen (secondary N) is 1. The van der Waals surface area contributed by atoms with E-state index in [9.17, 15) is 9.18 Å². The van der Waals surface area contributed by atoms with Crippen LogP contribution in [0.1, 0.15) is 24.0 Å². The van der Waals surface area contributed by atoms with E-state index in [1.165, 1.54) is 6.07 Å². The second-order valence-electron chi connectivity index (χ2n) is 5.47. The van der Waals surface area contributed by atoms with Gasteiger partial charge in [0.05, 0.1) is 6.54 Å². The van der Waals surface area contributed by atoms with Crippen molar-refractivity contribution in [2.24, 2.45) is 5.73 Å². The average Bonchev–Trinajstić information content (AvgIpc) is 2.43. The van der Waals surface area contributed by atoms with Crippen LogP contribution in [0.25, 0.3) is 0 Å². The molecule has 0 bridgehead atoms. The van der Waals surface area contributed by atoms with Crippen LogP contribution >= 0.6 is 12.4 Å². The summed E-state index contributed by atoms with van der Waals surface area (Å²) >= 11 is 0. The molecule has 6 heteroatoms. The molecule has 2 rings (SSSR count). The number of benzene rings is 1. The van der Waals surface area contributed by atoms with Gasteiger partial charge in [-0.15, -0.1) is 12.4 Å². The number of likely N-dealkylation sites (tertiary alicyclic amines) is 1. The summed E-state index contributed by atoms with van der Waals surface area (Å²) in [4.78, 5) is 13.9. The highest BCUT2D eigenvalue weighted by Gasteiger charge is 2.17. The Bertz CT molecular complexity index is 476. The van der Waals surface area contributed by atoms with Crippen LogP contribution in [-0.4, -0.2) is 36.5 Å². The zero-order chi connectivity index (χ0) is 14.5. The van der Waals surface area contributed by atoms with Gasteiger partial charge in [0.1, 0.15) is 5.82 Å². The van der Waals surface area contributed by atoms with E-state index in [-0.39, 0.29) is 30.2 Å². The molecule has 0 radical (unpaired) electrons. The zero-order valence-electron chi connectivity index (χ0n) is 12.3. The number of amides is 1. The van der Waals surface area contributed by atoms with E-state index < -0.39 is 0 Å². The van der Waals surface area contributed by atoms with E-state index in [1.54, 1.807) is 13.0 Å². The van der Waals surface area contributed by atoms with Gasteiger partial charge in [-0.1, -0.05) is 12.1 Å². The largest absolute Gasteiger partial charge is 0.351 e. The number of carbonyl (C=O) groups is 1. The lowest BCUT2D eigenvalue weighted by Crippen LogP contribution is -2.44. The van der Waals surface area contributed by atoms with Gasteiger partial charge >= 0.3 is 0 Å². The maximum Gasteiger partial charge on any atom is 0.234 e. The van der Waals surface area contributed by atoms with Crippen molar-refractivity contribution in [2.75, 3.05) is 19.6 Å². The number of aryl methyl sites for hydroxylation is 1. The molecule has 4 nitrogen and oxygen atoms in total. The summed E-state index contributed by atoms with van der Waals surface area (Å²) in [7, 11) is 0. The summed E-state index contributed by atoms with van der Waals surface area (Å²) < 4.78 is 13.4. The number of nitrogens with zero attached hydrogens (tertiary/aromatic N) is 1. The van der Waals surface area contributed by atoms with Gasteiger partial charge in [0.15, 0.2) is 0 Å². The quantitative estimate of drug-likeness (QED) is 0.887. The van der Waals surface area contributed by atoms with Crippen LogP contribution in [0.3, 0.4) is 0 Å². The number of nitrogens with two attached hydrogens (primary N) is 1. The number of halogens is 2. The molecule has 0 spiro atoms. The van der Waals surface area contributed by atoms with Crippen LogP contribution in [0.4, 0.5) is 4.39 Å². The summed E-state index contributed by atoms with van der Waals surface area (Å²) in [6.45, 7) is 4.21. The van der Waals surface area contributed by atoms with Crippen LogP contribution < -0.4 is 11.1 Å². The Kier molecular flexibility index (Phi) is 7.08. The van der Waals surface area contributed by atoms with E-state index in [4.69, 9.17) is 5.73 Å². The predicted octanol–water partition coefficient (Wildman–Crippen LogP) is 1.60. The van der Waals surface area contributed by atoms with Gasteiger partial charge in [-0.2, -0.15) is 0 Å². The Labute approximate surface area is 131 Å². The van der Waals surface area contributed by atoms with Crippen LogP contribution in [0.2, 0.25) is 0 Å². The van der Waals surface area contributed by atoms with Gasteiger partial charge in [0.2, 0.25) is 5.91 Å². The molecular weight excluding hydrogens is 293 g/mol. The van der Waals surface area contributed by atoms with Crippen molar-refractivity contribution in [2.45, 2.75) is 32.4 Å². The lowest BCUT2D eigenvalue weighted by atomic mass is 10.1. The minimum atomic E-state index is -0.234. The molecule has 21 heavy (non-hydrogen) atoms. The molecule has 1 aliphatic heterocycles. The Hall–Kier alpha value is -1.17. The summed E-state index contributed by atoms with van der Waals surface area (Å²) in [5.41, 5.74) is 7.22. The molecule has 0 unspecified atom stereocenters. The third-order valence-corrected chi connectivity index (χ3v) is 3.73. The molecule has 1 aromatic rings. The lowest BCUT2D eigenvalue weighted by molar-refractivity contribution is -0.122. The highest BCUT2D eigenvalue weighted by Crippen LogP contribution is 2.09. The monoisotopic (exact) mass is 315 g/mol. The number of rotatable bonds is 4. The molecule has 0 atom stereocenters. The maximum atomic E-state index is 13.4. The lowest BCUT2D eigenvalue weighted by Gasteiger charge is -2.29. The van der Waals surface area contributed by atoms with Crippen LogP contribution in [0, 0.1) is 12.7 Å². The highest BCUT2D eigenvalue weighted by atomic mass is 35.5. The van der Waals surface area contributed by atoms with Crippen molar-refractivity contribution in [1.29, 1.82) is 0 Å². The van der Waals surface area contributed by atoms with E-state index in [2.05, 4.69) is 10.2 Å². The fraction of sp³-hybridized carbons (Fsp3) is 0.533. The molecule has 1 aromatic carbocycles. The van der Waals surface area contributed by atoms with Gasteiger partial charge in [-0.05, 0) is 37.0 Å². The first-order valence-electron chi connectivity index (χ1n) is 7.04. The third-order valence-electron chi connectivity index (χ3n) is 3.73. The molecule has 3 N–H and O–H groups in total. The van der Waals surface area contributed by atoms with Crippen LogP contribution in [-0.2, 0) is 11.3 Å². The highest BCUT2D eigenvalue weighted by molar-refractivity contribution is 5.85. The van der Waals surface area contributed by atoms with Crippen molar-refractivity contribution >= 4 is 18.3 Å². The van der Waals surface area contributed by atoms with Crippen molar-refractivity contribution in [3.8, 4) is 0 Å². The van der Waals surface area contributed by atoms with Crippen LogP contribution in [0.15, 0.2) is 18.2 Å². The molecule has 1 aliphatic rings. The van der Waals surface area contributed by atoms with Gasteiger partial charge in [0, 0.05) is 25.7 Å². The van der Waals surface area contributed by atoms with Crippen LogP contribution in [0.5, 0.6) is 0 Å². The molecule has 1 saturated heterocycles. The molecule has 1 heterocycles. The smallest absolute Gasteiger partial charge is 0.234 e. The molecular formula is C15H23ClFN3O. The number of hydrogen-bond donors (Lipinski definition) is 2. The molecule has 1 fully saturated rings. The fourth-order valence-electron chi connectivity index (χ4n) is 2.32. The summed E-state index contributed by atoms with van der Waals surface area (Å²) in [5, 5.41) is 2.83. The molecule has 118 valence electrons. The van der Waals surface area contributed by atoms with Gasteiger partial charge in [-0.25, -0.2) is 4.39 Å². The van der Waals surface area contributed by atoms with E-state index in [0.29, 0.717) is 18.7 Å². The Morgan fingerprint density at radius 1 is 1.43 bits per heavy atom. The van der Waals surface area contributed by atoms with Gasteiger partial charge in [-0.3, -0.25) is 9.69 Å². The second kappa shape index (κ2) is 8.32. The van der Waals surface area contributed by atoms with Crippen molar-refractivity contribution in [3.63, 3.8) is 0 Å². The van der Waals surface area contributed by atoms with E-state index in [0.717, 1.165) is 31.5 Å². The van der Waals surface area contributed by atoms with Crippen molar-refractivity contribution in [1.82, 2.24) is 10.2 Å². The standard InChI is InChI=1S/C15H22FN3O.ClH/c1-11-2-3-12(8-14(11)16)9-18-15(20)10-19-6-4-13(17)5-7-19;/h2-3,8,13H,4-7,9-10,17H2,1H3,(H,18,20);1H. The second-order valence-corrected chi connectivity index (χ2v) is 5.47. The van der Waals surface area contributed by atoms with Gasteiger partial charge < -0.3 is 11.1 Å². The first-order chi connectivity index (χ1) is 9.54. The minimum Gasteiger partial charge on any atom is -0.351 e. The zero-order valence-corrected chi connectivity index (χ0v) is 13.1. The summed E-state index contributed by atoms with van der Waals surface area (Å²) in [6, 6.07) is 5.29.